The molecule has 1 fully saturated rings. The van der Waals surface area contributed by atoms with Crippen LogP contribution in [0.15, 0.2) is 16.7 Å². The van der Waals surface area contributed by atoms with E-state index in [9.17, 15) is 17.6 Å². The van der Waals surface area contributed by atoms with Crippen molar-refractivity contribution in [3.05, 3.63) is 46.9 Å². The van der Waals surface area contributed by atoms with E-state index in [0.717, 1.165) is 24.4 Å². The van der Waals surface area contributed by atoms with Gasteiger partial charge in [-0.05, 0) is 25.6 Å². The number of anilines is 1. The Morgan fingerprint density at radius 2 is 1.89 bits per heavy atom. The SMILES string of the molecule is Cc1cc(CN2CCCN(C(=S)Nc3c(F)cc(F)c(F)c3F)CC2)no1. The van der Waals surface area contributed by atoms with E-state index in [2.05, 4.69) is 15.4 Å². The molecule has 27 heavy (non-hydrogen) atoms. The zero-order valence-corrected chi connectivity index (χ0v) is 15.4. The molecule has 5 nitrogen and oxygen atoms in total. The minimum absolute atomic E-state index is 0.0536. The van der Waals surface area contributed by atoms with Crippen LogP contribution in [0.1, 0.15) is 17.9 Å². The van der Waals surface area contributed by atoms with Gasteiger partial charge in [0.2, 0.25) is 0 Å². The second-order valence-electron chi connectivity index (χ2n) is 6.32. The van der Waals surface area contributed by atoms with E-state index in [1.807, 2.05) is 13.0 Å². The van der Waals surface area contributed by atoms with Crippen LogP contribution in [0.2, 0.25) is 0 Å². The number of aryl methyl sites for hydroxylation is 1. The van der Waals surface area contributed by atoms with Gasteiger partial charge in [0, 0.05) is 44.9 Å². The van der Waals surface area contributed by atoms with Gasteiger partial charge in [-0.3, -0.25) is 4.90 Å². The number of aromatic nitrogens is 1. The van der Waals surface area contributed by atoms with Gasteiger partial charge in [-0.1, -0.05) is 5.16 Å². The first-order valence-electron chi connectivity index (χ1n) is 8.38. The minimum Gasteiger partial charge on any atom is -0.361 e. The van der Waals surface area contributed by atoms with E-state index in [4.69, 9.17) is 16.7 Å². The van der Waals surface area contributed by atoms with Crippen molar-refractivity contribution in [3.8, 4) is 0 Å². The smallest absolute Gasteiger partial charge is 0.196 e. The summed E-state index contributed by atoms with van der Waals surface area (Å²) in [5, 5.41) is 6.39. The van der Waals surface area contributed by atoms with Crippen LogP contribution in [0.5, 0.6) is 0 Å². The maximum Gasteiger partial charge on any atom is 0.196 e. The van der Waals surface area contributed by atoms with Crippen molar-refractivity contribution in [2.75, 3.05) is 31.5 Å². The van der Waals surface area contributed by atoms with E-state index in [-0.39, 0.29) is 11.2 Å². The molecule has 0 amide bonds. The molecule has 0 bridgehead atoms. The fraction of sp³-hybridized carbons (Fsp3) is 0.412. The molecule has 1 aliphatic rings. The number of nitrogens with zero attached hydrogens (tertiary/aromatic N) is 3. The van der Waals surface area contributed by atoms with Crippen LogP contribution in [0.4, 0.5) is 23.2 Å². The largest absolute Gasteiger partial charge is 0.361 e. The summed E-state index contributed by atoms with van der Waals surface area (Å²) in [6, 6.07) is 2.15. The molecule has 1 N–H and O–H groups in total. The molecule has 0 saturated carbocycles. The number of benzene rings is 1. The molecule has 1 aromatic carbocycles. The first-order valence-corrected chi connectivity index (χ1v) is 8.79. The van der Waals surface area contributed by atoms with Gasteiger partial charge in [-0.25, -0.2) is 17.6 Å². The Kier molecular flexibility index (Phi) is 5.95. The van der Waals surface area contributed by atoms with Crippen molar-refractivity contribution >= 4 is 23.0 Å². The monoisotopic (exact) mass is 402 g/mol. The second-order valence-corrected chi connectivity index (χ2v) is 6.71. The molecule has 10 heteroatoms. The summed E-state index contributed by atoms with van der Waals surface area (Å²) in [5.41, 5.74) is 0.0330. The van der Waals surface area contributed by atoms with Crippen molar-refractivity contribution in [1.29, 1.82) is 0 Å². The molecular formula is C17H18F4N4OS. The molecule has 1 aromatic heterocycles. The molecule has 0 aliphatic carbocycles. The van der Waals surface area contributed by atoms with Crippen LogP contribution in [-0.4, -0.2) is 46.2 Å². The van der Waals surface area contributed by atoms with Crippen LogP contribution >= 0.6 is 12.2 Å². The number of rotatable bonds is 3. The number of halogens is 4. The predicted molar refractivity (Wildman–Crippen MR) is 95.2 cm³/mol. The van der Waals surface area contributed by atoms with Crippen LogP contribution in [0.3, 0.4) is 0 Å². The molecular weight excluding hydrogens is 384 g/mol. The van der Waals surface area contributed by atoms with Crippen molar-refractivity contribution in [3.63, 3.8) is 0 Å². The summed E-state index contributed by atoms with van der Waals surface area (Å²) in [6.07, 6.45) is 0.765. The molecule has 1 saturated heterocycles. The Labute approximate surface area is 158 Å². The third-order valence-electron chi connectivity index (χ3n) is 4.28. The molecule has 2 aromatic rings. The van der Waals surface area contributed by atoms with Crippen molar-refractivity contribution < 1.29 is 22.1 Å². The van der Waals surface area contributed by atoms with Crippen molar-refractivity contribution in [2.24, 2.45) is 0 Å². The third kappa shape index (κ3) is 4.56. The third-order valence-corrected chi connectivity index (χ3v) is 4.64. The van der Waals surface area contributed by atoms with E-state index < -0.39 is 29.0 Å². The quantitative estimate of drug-likeness (QED) is 0.367. The lowest BCUT2D eigenvalue weighted by Gasteiger charge is -2.24. The Bertz CT molecular complexity index is 845. The van der Waals surface area contributed by atoms with Crippen LogP contribution in [0, 0.1) is 30.2 Å². The first-order chi connectivity index (χ1) is 12.8. The highest BCUT2D eigenvalue weighted by atomic mass is 32.1. The fourth-order valence-electron chi connectivity index (χ4n) is 2.92. The number of hydrogen-bond acceptors (Lipinski definition) is 4. The van der Waals surface area contributed by atoms with E-state index in [0.29, 0.717) is 26.2 Å². The van der Waals surface area contributed by atoms with E-state index >= 15 is 0 Å². The number of nitrogens with one attached hydrogen (secondary N) is 1. The lowest BCUT2D eigenvalue weighted by Crippen LogP contribution is -2.38. The first kappa shape index (κ1) is 19.6. The maximum atomic E-state index is 13.8. The Balaban J connectivity index is 1.62. The van der Waals surface area contributed by atoms with Gasteiger partial charge >= 0.3 is 0 Å². The van der Waals surface area contributed by atoms with Gasteiger partial charge in [0.1, 0.15) is 11.4 Å². The van der Waals surface area contributed by atoms with Crippen molar-refractivity contribution in [2.45, 2.75) is 19.9 Å². The normalized spacial score (nSPS) is 15.7. The summed E-state index contributed by atoms with van der Waals surface area (Å²) in [4.78, 5) is 3.90. The van der Waals surface area contributed by atoms with Gasteiger partial charge < -0.3 is 14.7 Å². The highest BCUT2D eigenvalue weighted by Gasteiger charge is 2.23. The van der Waals surface area contributed by atoms with E-state index in [1.54, 1.807) is 4.90 Å². The number of thiocarbonyl (C=S) groups is 1. The molecule has 0 atom stereocenters. The van der Waals surface area contributed by atoms with Gasteiger partial charge in [0.05, 0.1) is 5.69 Å². The Morgan fingerprint density at radius 1 is 1.11 bits per heavy atom. The molecule has 0 radical (unpaired) electrons. The molecule has 0 unspecified atom stereocenters. The highest BCUT2D eigenvalue weighted by molar-refractivity contribution is 7.80. The highest BCUT2D eigenvalue weighted by Crippen LogP contribution is 2.24. The standard InChI is InChI=1S/C17H18F4N4OS/c1-10-7-11(23-26-10)9-24-3-2-4-25(6-5-24)17(27)22-16-13(19)8-12(18)14(20)15(16)21/h7-8H,2-6,9H2,1H3,(H,22,27). The zero-order chi connectivity index (χ0) is 19.6. The van der Waals surface area contributed by atoms with Gasteiger partial charge in [0.25, 0.3) is 0 Å². The summed E-state index contributed by atoms with van der Waals surface area (Å²) in [5.74, 6) is -5.47. The second kappa shape index (κ2) is 8.22. The minimum atomic E-state index is -1.74. The summed E-state index contributed by atoms with van der Waals surface area (Å²) >= 11 is 5.20. The lowest BCUT2D eigenvalue weighted by atomic mass is 10.2. The van der Waals surface area contributed by atoms with Gasteiger partial charge in [0.15, 0.2) is 28.4 Å². The molecule has 0 spiro atoms. The fourth-order valence-corrected chi connectivity index (χ4v) is 3.21. The van der Waals surface area contributed by atoms with Gasteiger partial charge in [-0.2, -0.15) is 0 Å². The Morgan fingerprint density at radius 3 is 2.59 bits per heavy atom. The molecule has 2 heterocycles. The summed E-state index contributed by atoms with van der Waals surface area (Å²) in [6.45, 7) is 4.96. The van der Waals surface area contributed by atoms with Gasteiger partial charge in [-0.15, -0.1) is 0 Å². The topological polar surface area (TPSA) is 44.5 Å². The van der Waals surface area contributed by atoms with Crippen LogP contribution in [-0.2, 0) is 6.54 Å². The maximum absolute atomic E-state index is 13.8. The molecule has 1 aliphatic heterocycles. The van der Waals surface area contributed by atoms with Crippen LogP contribution in [0.25, 0.3) is 0 Å². The molecule has 3 rings (SSSR count). The Hall–Kier alpha value is -2.20. The summed E-state index contributed by atoms with van der Waals surface area (Å²) < 4.78 is 59.1. The van der Waals surface area contributed by atoms with E-state index in [1.165, 1.54) is 0 Å². The zero-order valence-electron chi connectivity index (χ0n) is 14.6. The predicted octanol–water partition coefficient (Wildman–Crippen LogP) is 3.44. The lowest BCUT2D eigenvalue weighted by molar-refractivity contribution is 0.267. The average molecular weight is 402 g/mol. The van der Waals surface area contributed by atoms with Crippen LogP contribution < -0.4 is 5.32 Å². The van der Waals surface area contributed by atoms with Crippen molar-refractivity contribution in [1.82, 2.24) is 15.0 Å². The summed E-state index contributed by atoms with van der Waals surface area (Å²) in [7, 11) is 0. The number of hydrogen-bond donors (Lipinski definition) is 1. The average Bonchev–Trinajstić information content (AvgIpc) is 2.89. The molecule has 146 valence electrons.